The third-order valence-electron chi connectivity index (χ3n) is 3.38. The second kappa shape index (κ2) is 5.10. The average molecular weight is 200 g/mol. The highest BCUT2D eigenvalue weighted by atomic mass is 16.5. The lowest BCUT2D eigenvalue weighted by atomic mass is 9.87. The number of hydrogen-bond donors (Lipinski definition) is 1. The van der Waals surface area contributed by atoms with Crippen LogP contribution in [0.1, 0.15) is 20.8 Å². The number of ether oxygens (including phenoxy) is 1. The molecular weight excluding hydrogens is 176 g/mol. The van der Waals surface area contributed by atoms with Crippen LogP contribution in [0.25, 0.3) is 0 Å². The van der Waals surface area contributed by atoms with Gasteiger partial charge in [0.15, 0.2) is 0 Å². The van der Waals surface area contributed by atoms with Crippen LogP contribution in [0.5, 0.6) is 0 Å². The minimum atomic E-state index is 0.165. The van der Waals surface area contributed by atoms with Gasteiger partial charge in [-0.25, -0.2) is 0 Å². The van der Waals surface area contributed by atoms with Crippen molar-refractivity contribution in [2.75, 3.05) is 26.7 Å². The molecule has 0 bridgehead atoms. The van der Waals surface area contributed by atoms with E-state index < -0.39 is 0 Å². The number of rotatable bonds is 3. The third kappa shape index (κ3) is 2.94. The molecule has 1 aliphatic heterocycles. The van der Waals surface area contributed by atoms with Gasteiger partial charge in [0.2, 0.25) is 0 Å². The van der Waals surface area contributed by atoms with Crippen LogP contribution in [0.4, 0.5) is 0 Å². The normalized spacial score (nSPS) is 29.1. The van der Waals surface area contributed by atoms with Crippen LogP contribution >= 0.6 is 0 Å². The van der Waals surface area contributed by atoms with Crippen molar-refractivity contribution in [3.05, 3.63) is 0 Å². The van der Waals surface area contributed by atoms with Crippen LogP contribution in [0, 0.1) is 11.8 Å². The Labute approximate surface area is 87.6 Å². The SMILES string of the molecule is CC(C)C(C)C(N)C1CN(C)CCO1. The molecule has 3 nitrogen and oxygen atoms in total. The first-order chi connectivity index (χ1) is 6.52. The average Bonchev–Trinajstić information content (AvgIpc) is 2.15. The predicted molar refractivity (Wildman–Crippen MR) is 59.2 cm³/mol. The Morgan fingerprint density at radius 3 is 2.50 bits per heavy atom. The smallest absolute Gasteiger partial charge is 0.0855 e. The maximum Gasteiger partial charge on any atom is 0.0855 e. The molecule has 0 radical (unpaired) electrons. The molecule has 3 unspecified atom stereocenters. The quantitative estimate of drug-likeness (QED) is 0.737. The van der Waals surface area contributed by atoms with Crippen LogP contribution in [0.2, 0.25) is 0 Å². The zero-order chi connectivity index (χ0) is 10.7. The van der Waals surface area contributed by atoms with E-state index in [9.17, 15) is 0 Å². The molecule has 0 amide bonds. The van der Waals surface area contributed by atoms with Gasteiger partial charge in [0, 0.05) is 19.1 Å². The summed E-state index contributed by atoms with van der Waals surface area (Å²) in [5, 5.41) is 0. The Morgan fingerprint density at radius 1 is 1.36 bits per heavy atom. The fourth-order valence-electron chi connectivity index (χ4n) is 1.83. The van der Waals surface area contributed by atoms with Crippen molar-refractivity contribution in [3.8, 4) is 0 Å². The second-order valence-electron chi connectivity index (χ2n) is 4.85. The predicted octanol–water partition coefficient (Wildman–Crippen LogP) is 0.936. The lowest BCUT2D eigenvalue weighted by Gasteiger charge is -2.37. The first-order valence-electron chi connectivity index (χ1n) is 5.58. The minimum Gasteiger partial charge on any atom is -0.374 e. The standard InChI is InChI=1S/C11H24N2O/c1-8(2)9(3)11(12)10-7-13(4)5-6-14-10/h8-11H,5-7,12H2,1-4H3. The number of likely N-dealkylation sites (N-methyl/N-ethyl adjacent to an activating group) is 1. The van der Waals surface area contributed by atoms with E-state index in [1.807, 2.05) is 0 Å². The van der Waals surface area contributed by atoms with E-state index in [-0.39, 0.29) is 12.1 Å². The lowest BCUT2D eigenvalue weighted by molar-refractivity contribution is -0.0436. The lowest BCUT2D eigenvalue weighted by Crippen LogP contribution is -2.52. The highest BCUT2D eigenvalue weighted by molar-refractivity contribution is 4.84. The van der Waals surface area contributed by atoms with E-state index in [2.05, 4.69) is 32.7 Å². The summed E-state index contributed by atoms with van der Waals surface area (Å²) < 4.78 is 5.71. The first kappa shape index (κ1) is 12.0. The molecule has 3 atom stereocenters. The molecule has 1 rings (SSSR count). The number of nitrogens with zero attached hydrogens (tertiary/aromatic N) is 1. The third-order valence-corrected chi connectivity index (χ3v) is 3.38. The van der Waals surface area contributed by atoms with Gasteiger partial charge in [0.25, 0.3) is 0 Å². The summed E-state index contributed by atoms with van der Waals surface area (Å²) in [4.78, 5) is 2.29. The van der Waals surface area contributed by atoms with Gasteiger partial charge in [-0.2, -0.15) is 0 Å². The van der Waals surface area contributed by atoms with E-state index in [0.29, 0.717) is 11.8 Å². The largest absolute Gasteiger partial charge is 0.374 e. The summed E-state index contributed by atoms with van der Waals surface area (Å²) in [5.41, 5.74) is 6.20. The fraction of sp³-hybridized carbons (Fsp3) is 1.00. The second-order valence-corrected chi connectivity index (χ2v) is 4.85. The van der Waals surface area contributed by atoms with Gasteiger partial charge in [-0.3, -0.25) is 0 Å². The summed E-state index contributed by atoms with van der Waals surface area (Å²) in [5.74, 6) is 1.15. The molecule has 0 saturated carbocycles. The highest BCUT2D eigenvalue weighted by Gasteiger charge is 2.29. The van der Waals surface area contributed by atoms with E-state index in [0.717, 1.165) is 19.7 Å². The van der Waals surface area contributed by atoms with Crippen LogP contribution in [0.3, 0.4) is 0 Å². The molecule has 0 aromatic carbocycles. The van der Waals surface area contributed by atoms with Crippen molar-refractivity contribution in [3.63, 3.8) is 0 Å². The molecule has 0 aromatic rings. The minimum absolute atomic E-state index is 0.165. The van der Waals surface area contributed by atoms with Gasteiger partial charge in [-0.15, -0.1) is 0 Å². The summed E-state index contributed by atoms with van der Waals surface area (Å²) in [6.45, 7) is 9.47. The molecule has 3 heteroatoms. The zero-order valence-electron chi connectivity index (χ0n) is 9.86. The Kier molecular flexibility index (Phi) is 4.35. The Balaban J connectivity index is 2.46. The highest BCUT2D eigenvalue weighted by Crippen LogP contribution is 2.19. The summed E-state index contributed by atoms with van der Waals surface area (Å²) in [7, 11) is 2.13. The van der Waals surface area contributed by atoms with Crippen molar-refractivity contribution in [1.29, 1.82) is 0 Å². The van der Waals surface area contributed by atoms with E-state index >= 15 is 0 Å². The van der Waals surface area contributed by atoms with Crippen LogP contribution in [-0.2, 0) is 4.74 Å². The van der Waals surface area contributed by atoms with E-state index in [1.165, 1.54) is 0 Å². The Hall–Kier alpha value is -0.120. The molecule has 1 heterocycles. The van der Waals surface area contributed by atoms with Gasteiger partial charge < -0.3 is 15.4 Å². The molecule has 2 N–H and O–H groups in total. The maximum absolute atomic E-state index is 6.20. The fourth-order valence-corrected chi connectivity index (χ4v) is 1.83. The van der Waals surface area contributed by atoms with E-state index in [4.69, 9.17) is 10.5 Å². The maximum atomic E-state index is 6.20. The number of morpholine rings is 1. The first-order valence-corrected chi connectivity index (χ1v) is 5.58. The van der Waals surface area contributed by atoms with Crippen molar-refractivity contribution in [2.24, 2.45) is 17.6 Å². The molecular formula is C11H24N2O. The molecule has 0 aliphatic carbocycles. The van der Waals surface area contributed by atoms with Gasteiger partial charge in [-0.05, 0) is 18.9 Å². The van der Waals surface area contributed by atoms with Crippen LogP contribution < -0.4 is 5.73 Å². The van der Waals surface area contributed by atoms with E-state index in [1.54, 1.807) is 0 Å². The molecule has 14 heavy (non-hydrogen) atoms. The molecule has 0 spiro atoms. The molecule has 84 valence electrons. The van der Waals surface area contributed by atoms with Crippen molar-refractivity contribution < 1.29 is 4.74 Å². The molecule has 1 fully saturated rings. The zero-order valence-corrected chi connectivity index (χ0v) is 9.86. The van der Waals surface area contributed by atoms with Crippen LogP contribution in [-0.4, -0.2) is 43.8 Å². The summed E-state index contributed by atoms with van der Waals surface area (Å²) >= 11 is 0. The Bertz CT molecular complexity index is 173. The topological polar surface area (TPSA) is 38.5 Å². The van der Waals surface area contributed by atoms with Gasteiger partial charge >= 0.3 is 0 Å². The molecule has 0 aromatic heterocycles. The van der Waals surface area contributed by atoms with Crippen molar-refractivity contribution in [1.82, 2.24) is 4.90 Å². The van der Waals surface area contributed by atoms with Crippen molar-refractivity contribution in [2.45, 2.75) is 32.9 Å². The van der Waals surface area contributed by atoms with Gasteiger partial charge in [0.1, 0.15) is 0 Å². The summed E-state index contributed by atoms with van der Waals surface area (Å²) in [6.07, 6.45) is 0.214. The van der Waals surface area contributed by atoms with Gasteiger partial charge in [0.05, 0.1) is 12.7 Å². The number of nitrogens with two attached hydrogens (primary N) is 1. The molecule has 1 aliphatic rings. The monoisotopic (exact) mass is 200 g/mol. The van der Waals surface area contributed by atoms with Crippen LogP contribution in [0.15, 0.2) is 0 Å². The Morgan fingerprint density at radius 2 is 2.00 bits per heavy atom. The van der Waals surface area contributed by atoms with Gasteiger partial charge in [-0.1, -0.05) is 20.8 Å². The van der Waals surface area contributed by atoms with Crippen molar-refractivity contribution >= 4 is 0 Å². The number of hydrogen-bond acceptors (Lipinski definition) is 3. The summed E-state index contributed by atoms with van der Waals surface area (Å²) in [6, 6.07) is 0.165. The molecule has 1 saturated heterocycles.